The molecule has 0 saturated heterocycles. The molecule has 6 heteroatoms. The van der Waals surface area contributed by atoms with Gasteiger partial charge >= 0.3 is 0 Å². The summed E-state index contributed by atoms with van der Waals surface area (Å²) in [5.74, 6) is 0. The number of aromatic nitrogens is 5. The fraction of sp³-hybridized carbons (Fsp3) is 0.400. The molecule has 0 atom stereocenters. The third-order valence-corrected chi connectivity index (χ3v) is 3.62. The molecular weight excluding hydrogens is 264 g/mol. The van der Waals surface area contributed by atoms with E-state index in [2.05, 4.69) is 27.5 Å². The predicted octanol–water partition coefficient (Wildman–Crippen LogP) is 1.49. The number of nitrogens with two attached hydrogens (primary N) is 1. The van der Waals surface area contributed by atoms with E-state index in [0.29, 0.717) is 6.54 Å². The molecule has 0 aliphatic carbocycles. The van der Waals surface area contributed by atoms with Gasteiger partial charge < -0.3 is 5.73 Å². The first-order valence-corrected chi connectivity index (χ1v) is 7.27. The number of rotatable bonds is 6. The van der Waals surface area contributed by atoms with Crippen LogP contribution in [0.2, 0.25) is 0 Å². The van der Waals surface area contributed by atoms with Crippen molar-refractivity contribution in [1.82, 2.24) is 24.8 Å². The lowest BCUT2D eigenvalue weighted by molar-refractivity contribution is 0.627. The third-order valence-electron chi connectivity index (χ3n) is 3.62. The van der Waals surface area contributed by atoms with Crippen molar-refractivity contribution in [2.45, 2.75) is 25.8 Å². The molecule has 110 valence electrons. The number of hydrogen-bond donors (Lipinski definition) is 1. The van der Waals surface area contributed by atoms with Crippen LogP contribution < -0.4 is 5.73 Å². The lowest BCUT2D eigenvalue weighted by Crippen LogP contribution is -2.02. The minimum absolute atomic E-state index is 0.644. The Morgan fingerprint density at radius 1 is 1.19 bits per heavy atom. The van der Waals surface area contributed by atoms with Crippen molar-refractivity contribution in [3.05, 3.63) is 41.9 Å². The molecular formula is C15H20N6. The van der Waals surface area contributed by atoms with Gasteiger partial charge in [0, 0.05) is 18.6 Å². The van der Waals surface area contributed by atoms with E-state index in [-0.39, 0.29) is 0 Å². The minimum atomic E-state index is 0.644. The van der Waals surface area contributed by atoms with Crippen LogP contribution in [0.4, 0.5) is 0 Å². The summed E-state index contributed by atoms with van der Waals surface area (Å²) >= 11 is 0. The number of nitrogens with zero attached hydrogens (tertiary/aromatic N) is 5. The Balaban J connectivity index is 1.76. The van der Waals surface area contributed by atoms with Crippen molar-refractivity contribution < 1.29 is 0 Å². The first-order valence-electron chi connectivity index (χ1n) is 7.27. The number of benzene rings is 1. The quantitative estimate of drug-likeness (QED) is 0.696. The predicted molar refractivity (Wildman–Crippen MR) is 81.8 cm³/mol. The van der Waals surface area contributed by atoms with Crippen LogP contribution in [-0.4, -0.2) is 31.3 Å². The van der Waals surface area contributed by atoms with Crippen LogP contribution in [-0.2, 0) is 20.0 Å². The molecule has 0 aliphatic heterocycles. The van der Waals surface area contributed by atoms with Crippen LogP contribution >= 0.6 is 0 Å². The molecule has 6 nitrogen and oxygen atoms in total. The maximum atomic E-state index is 5.50. The topological polar surface area (TPSA) is 74.5 Å². The molecule has 0 amide bonds. The second-order valence-corrected chi connectivity index (χ2v) is 5.24. The molecule has 0 unspecified atom stereocenters. The van der Waals surface area contributed by atoms with Crippen molar-refractivity contribution >= 4 is 10.9 Å². The summed E-state index contributed by atoms with van der Waals surface area (Å²) in [6.07, 6.45) is 5.01. The average Bonchev–Trinajstić information content (AvgIpc) is 3.06. The number of aryl methyl sites for hydroxylation is 2. The smallest absolute Gasteiger partial charge is 0.0918 e. The summed E-state index contributed by atoms with van der Waals surface area (Å²) in [4.78, 5) is 0. The number of fused-ring (bicyclic) bond motifs is 1. The van der Waals surface area contributed by atoms with Gasteiger partial charge in [0.15, 0.2) is 0 Å². The second kappa shape index (κ2) is 6.05. The highest BCUT2D eigenvalue weighted by molar-refractivity contribution is 5.81. The van der Waals surface area contributed by atoms with E-state index in [1.165, 1.54) is 5.39 Å². The molecule has 3 rings (SSSR count). The first kappa shape index (κ1) is 13.8. The normalized spacial score (nSPS) is 11.3. The maximum absolute atomic E-state index is 5.50. The van der Waals surface area contributed by atoms with Crippen LogP contribution in [0.25, 0.3) is 10.9 Å². The van der Waals surface area contributed by atoms with Crippen molar-refractivity contribution in [2.24, 2.45) is 12.8 Å². The Hall–Kier alpha value is -2.21. The van der Waals surface area contributed by atoms with Crippen molar-refractivity contribution in [2.75, 3.05) is 6.54 Å². The van der Waals surface area contributed by atoms with Gasteiger partial charge in [0.05, 0.1) is 23.4 Å². The number of para-hydroxylation sites is 1. The van der Waals surface area contributed by atoms with Gasteiger partial charge in [-0.3, -0.25) is 4.68 Å². The summed E-state index contributed by atoms with van der Waals surface area (Å²) in [6, 6.07) is 8.23. The Bertz CT molecular complexity index is 727. The van der Waals surface area contributed by atoms with E-state index in [1.807, 2.05) is 34.7 Å². The Labute approximate surface area is 123 Å². The zero-order chi connectivity index (χ0) is 14.7. The summed E-state index contributed by atoms with van der Waals surface area (Å²) < 4.78 is 3.76. The van der Waals surface area contributed by atoms with Gasteiger partial charge in [0.1, 0.15) is 0 Å². The SMILES string of the molecule is Cn1nc(Cn2cc(CCCCN)nn2)c2ccccc21. The summed E-state index contributed by atoms with van der Waals surface area (Å²) in [5, 5.41) is 14.1. The fourth-order valence-corrected chi connectivity index (χ4v) is 2.54. The van der Waals surface area contributed by atoms with Gasteiger partial charge in [0.25, 0.3) is 0 Å². The average molecular weight is 284 g/mol. The summed E-state index contributed by atoms with van der Waals surface area (Å²) in [7, 11) is 1.96. The zero-order valence-corrected chi connectivity index (χ0v) is 12.2. The van der Waals surface area contributed by atoms with Gasteiger partial charge in [-0.05, 0) is 31.9 Å². The van der Waals surface area contributed by atoms with Crippen LogP contribution in [0.1, 0.15) is 24.2 Å². The molecule has 0 fully saturated rings. The summed E-state index contributed by atoms with van der Waals surface area (Å²) in [5.41, 5.74) is 8.68. The van der Waals surface area contributed by atoms with Crippen LogP contribution in [0, 0.1) is 0 Å². The number of unbranched alkanes of at least 4 members (excludes halogenated alkanes) is 1. The molecule has 3 aromatic rings. The van der Waals surface area contributed by atoms with Gasteiger partial charge in [-0.1, -0.05) is 23.4 Å². The molecule has 0 spiro atoms. The lowest BCUT2D eigenvalue weighted by Gasteiger charge is -1.97. The van der Waals surface area contributed by atoms with Gasteiger partial charge in [-0.25, -0.2) is 4.68 Å². The van der Waals surface area contributed by atoms with Crippen molar-refractivity contribution in [3.63, 3.8) is 0 Å². The van der Waals surface area contributed by atoms with Crippen LogP contribution in [0.3, 0.4) is 0 Å². The van der Waals surface area contributed by atoms with Crippen molar-refractivity contribution in [1.29, 1.82) is 0 Å². The zero-order valence-electron chi connectivity index (χ0n) is 12.2. The van der Waals surface area contributed by atoms with E-state index >= 15 is 0 Å². The Kier molecular flexibility index (Phi) is 3.96. The Morgan fingerprint density at radius 2 is 2.05 bits per heavy atom. The largest absolute Gasteiger partial charge is 0.330 e. The Morgan fingerprint density at radius 3 is 2.90 bits per heavy atom. The molecule has 1 aromatic carbocycles. The van der Waals surface area contributed by atoms with Gasteiger partial charge in [-0.2, -0.15) is 5.10 Å². The molecule has 0 saturated carbocycles. The molecule has 0 radical (unpaired) electrons. The van der Waals surface area contributed by atoms with E-state index in [1.54, 1.807) is 0 Å². The highest BCUT2D eigenvalue weighted by Crippen LogP contribution is 2.18. The molecule has 2 N–H and O–H groups in total. The van der Waals surface area contributed by atoms with E-state index in [4.69, 9.17) is 5.73 Å². The van der Waals surface area contributed by atoms with Crippen molar-refractivity contribution in [3.8, 4) is 0 Å². The van der Waals surface area contributed by atoms with Crippen LogP contribution in [0.15, 0.2) is 30.5 Å². The van der Waals surface area contributed by atoms with E-state index in [0.717, 1.165) is 42.7 Å². The fourth-order valence-electron chi connectivity index (χ4n) is 2.54. The molecule has 0 aliphatic rings. The van der Waals surface area contributed by atoms with Gasteiger partial charge in [0.2, 0.25) is 0 Å². The molecule has 2 heterocycles. The third kappa shape index (κ3) is 2.95. The molecule has 0 bridgehead atoms. The van der Waals surface area contributed by atoms with Crippen LogP contribution in [0.5, 0.6) is 0 Å². The highest BCUT2D eigenvalue weighted by Gasteiger charge is 2.09. The second-order valence-electron chi connectivity index (χ2n) is 5.24. The number of hydrogen-bond acceptors (Lipinski definition) is 4. The monoisotopic (exact) mass is 284 g/mol. The lowest BCUT2D eigenvalue weighted by atomic mass is 10.2. The maximum Gasteiger partial charge on any atom is 0.0918 e. The molecule has 21 heavy (non-hydrogen) atoms. The highest BCUT2D eigenvalue weighted by atomic mass is 15.4. The standard InChI is InChI=1S/C15H20N6/c1-20-15-8-3-2-7-13(15)14(18-20)11-21-10-12(17-19-21)6-4-5-9-16/h2-3,7-8,10H,4-6,9,11,16H2,1H3. The van der Waals surface area contributed by atoms with Gasteiger partial charge in [-0.15, -0.1) is 5.10 Å². The minimum Gasteiger partial charge on any atom is -0.330 e. The first-order chi connectivity index (χ1) is 10.3. The van der Waals surface area contributed by atoms with E-state index in [9.17, 15) is 0 Å². The summed E-state index contributed by atoms with van der Waals surface area (Å²) in [6.45, 7) is 1.37. The van der Waals surface area contributed by atoms with E-state index < -0.39 is 0 Å². The molecule has 2 aromatic heterocycles.